The number of rotatable bonds is 5. The molecule has 0 unspecified atom stereocenters. The molecule has 1 aliphatic heterocycles. The number of nitrogens with one attached hydrogen (secondary N) is 1. The van der Waals surface area contributed by atoms with Crippen LogP contribution >= 0.6 is 27.3 Å². The van der Waals surface area contributed by atoms with Gasteiger partial charge < -0.3 is 14.8 Å². The van der Waals surface area contributed by atoms with Gasteiger partial charge in [-0.1, -0.05) is 26.0 Å². The fourth-order valence-corrected chi connectivity index (χ4v) is 6.21. The molecule has 1 aromatic carbocycles. The van der Waals surface area contributed by atoms with E-state index < -0.39 is 11.9 Å². The Morgan fingerprint density at radius 3 is 2.67 bits per heavy atom. The Labute approximate surface area is 207 Å². The minimum atomic E-state index is -0.432. The molecule has 174 valence electrons. The first kappa shape index (κ1) is 23.8. The quantitative estimate of drug-likeness (QED) is 0.468. The zero-order valence-electron chi connectivity index (χ0n) is 19.5. The third kappa shape index (κ3) is 4.66. The van der Waals surface area contributed by atoms with Crippen molar-refractivity contribution < 1.29 is 19.1 Å². The zero-order valence-corrected chi connectivity index (χ0v) is 21.9. The van der Waals surface area contributed by atoms with E-state index in [-0.39, 0.29) is 11.2 Å². The number of esters is 1. The maximum absolute atomic E-state index is 13.3. The Morgan fingerprint density at radius 1 is 1.24 bits per heavy atom. The highest BCUT2D eigenvalue weighted by Gasteiger charge is 2.43. The van der Waals surface area contributed by atoms with Gasteiger partial charge in [-0.2, -0.15) is 0 Å². The molecular weight excluding hydrogens is 502 g/mol. The molecule has 7 heteroatoms. The lowest BCUT2D eigenvalue weighted by Gasteiger charge is -2.39. The summed E-state index contributed by atoms with van der Waals surface area (Å²) in [5.41, 5.74) is 3.78. The van der Waals surface area contributed by atoms with Crippen molar-refractivity contribution in [1.29, 1.82) is 0 Å². The summed E-state index contributed by atoms with van der Waals surface area (Å²) in [5, 5.41) is 3.36. The van der Waals surface area contributed by atoms with Gasteiger partial charge in [0.1, 0.15) is 12.4 Å². The van der Waals surface area contributed by atoms with E-state index in [1.54, 1.807) is 11.3 Å². The molecule has 0 amide bonds. The van der Waals surface area contributed by atoms with Gasteiger partial charge in [0, 0.05) is 38.7 Å². The number of benzene rings is 1. The molecule has 0 saturated heterocycles. The molecule has 33 heavy (non-hydrogen) atoms. The summed E-state index contributed by atoms with van der Waals surface area (Å²) in [7, 11) is 1.38. The van der Waals surface area contributed by atoms with Crippen molar-refractivity contribution in [2.75, 3.05) is 7.11 Å². The van der Waals surface area contributed by atoms with Crippen LogP contribution in [0, 0.1) is 12.3 Å². The summed E-state index contributed by atoms with van der Waals surface area (Å²) in [6, 6.07) is 9.80. The van der Waals surface area contributed by atoms with Gasteiger partial charge in [-0.3, -0.25) is 4.79 Å². The van der Waals surface area contributed by atoms with Crippen molar-refractivity contribution in [2.24, 2.45) is 5.41 Å². The molecule has 1 atom stereocenters. The lowest BCUT2D eigenvalue weighted by Crippen LogP contribution is -2.38. The van der Waals surface area contributed by atoms with Gasteiger partial charge in [-0.25, -0.2) is 4.79 Å². The number of carbonyl (C=O) groups is 2. The third-order valence-corrected chi connectivity index (χ3v) is 8.00. The smallest absolute Gasteiger partial charge is 0.336 e. The van der Waals surface area contributed by atoms with E-state index in [1.807, 2.05) is 38.1 Å². The third-order valence-electron chi connectivity index (χ3n) is 6.19. The summed E-state index contributed by atoms with van der Waals surface area (Å²) in [5.74, 6) is 0.0152. The molecule has 0 spiro atoms. The summed E-state index contributed by atoms with van der Waals surface area (Å²) >= 11 is 5.12. The zero-order chi connectivity index (χ0) is 23.9. The van der Waals surface area contributed by atoms with Crippen molar-refractivity contribution in [3.8, 4) is 5.75 Å². The van der Waals surface area contributed by atoms with Gasteiger partial charge >= 0.3 is 5.97 Å². The molecule has 1 N–H and O–H groups in total. The number of ketones is 1. The van der Waals surface area contributed by atoms with E-state index in [4.69, 9.17) is 9.47 Å². The van der Waals surface area contributed by atoms with Gasteiger partial charge in [0.05, 0.1) is 23.1 Å². The van der Waals surface area contributed by atoms with Crippen LogP contribution in [0.15, 0.2) is 57.3 Å². The lowest BCUT2D eigenvalue weighted by atomic mass is 9.70. The Bertz CT molecular complexity index is 1190. The predicted molar refractivity (Wildman–Crippen MR) is 133 cm³/mol. The number of ether oxygens (including phenoxy) is 2. The summed E-state index contributed by atoms with van der Waals surface area (Å²) < 4.78 is 12.1. The second-order valence-electron chi connectivity index (χ2n) is 9.37. The molecule has 2 aliphatic rings. The first-order valence-electron chi connectivity index (χ1n) is 10.9. The fourth-order valence-electron chi connectivity index (χ4n) is 4.65. The molecule has 0 radical (unpaired) electrons. The SMILES string of the molecule is COC(=O)C1=C(C)NC2=C(C(=O)CC(C)(C)C2)[C@H]1c1cc(COc2ccccc2Br)c(C)s1. The van der Waals surface area contributed by atoms with Gasteiger partial charge in [0.2, 0.25) is 0 Å². The molecule has 2 aromatic rings. The Hall–Kier alpha value is -2.38. The van der Waals surface area contributed by atoms with E-state index in [9.17, 15) is 9.59 Å². The van der Waals surface area contributed by atoms with Gasteiger partial charge in [0.15, 0.2) is 5.78 Å². The van der Waals surface area contributed by atoms with E-state index in [0.29, 0.717) is 24.2 Å². The highest BCUT2D eigenvalue weighted by Crippen LogP contribution is 2.48. The number of para-hydroxylation sites is 1. The van der Waals surface area contributed by atoms with Gasteiger partial charge in [-0.05, 0) is 59.8 Å². The number of allylic oxidation sites excluding steroid dienone is 3. The molecule has 0 fully saturated rings. The van der Waals surface area contributed by atoms with Gasteiger partial charge in [0.25, 0.3) is 0 Å². The van der Waals surface area contributed by atoms with Crippen LogP contribution < -0.4 is 10.1 Å². The average molecular weight is 530 g/mol. The highest BCUT2D eigenvalue weighted by atomic mass is 79.9. The van der Waals surface area contributed by atoms with E-state index in [2.05, 4.69) is 41.2 Å². The molecular formula is C26H28BrNO4S. The molecule has 1 aliphatic carbocycles. The van der Waals surface area contributed by atoms with E-state index >= 15 is 0 Å². The average Bonchev–Trinajstić information content (AvgIpc) is 3.11. The van der Waals surface area contributed by atoms with E-state index in [0.717, 1.165) is 43.4 Å². The molecule has 1 aromatic heterocycles. The van der Waals surface area contributed by atoms with Crippen molar-refractivity contribution in [3.63, 3.8) is 0 Å². The molecule has 0 bridgehead atoms. The number of hydrogen-bond acceptors (Lipinski definition) is 6. The molecule has 2 heterocycles. The summed E-state index contributed by atoms with van der Waals surface area (Å²) in [6.45, 7) is 8.54. The first-order valence-corrected chi connectivity index (χ1v) is 12.5. The van der Waals surface area contributed by atoms with Crippen molar-refractivity contribution >= 4 is 39.0 Å². The Balaban J connectivity index is 1.74. The van der Waals surface area contributed by atoms with Crippen LogP contribution in [0.5, 0.6) is 5.75 Å². The van der Waals surface area contributed by atoms with Crippen molar-refractivity contribution in [2.45, 2.75) is 53.1 Å². The first-order chi connectivity index (χ1) is 15.6. The number of hydrogen-bond donors (Lipinski definition) is 1. The standard InChI is InChI=1S/C26H28BrNO4S/c1-14-22(25(30)31-5)24(23-18(28-14)11-26(3,4)12-19(23)29)21-10-16(15(2)33-21)13-32-20-9-7-6-8-17(20)27/h6-10,24,28H,11-13H2,1-5H3/t24-/m0/s1. The van der Waals surface area contributed by atoms with Crippen LogP contribution in [0.1, 0.15) is 54.8 Å². The van der Waals surface area contributed by atoms with Crippen molar-refractivity contribution in [3.05, 3.63) is 72.7 Å². The predicted octanol–water partition coefficient (Wildman–Crippen LogP) is 6.18. The number of methoxy groups -OCH3 is 1. The molecule has 0 saturated carbocycles. The monoisotopic (exact) mass is 529 g/mol. The number of halogens is 1. The maximum Gasteiger partial charge on any atom is 0.336 e. The number of carbonyl (C=O) groups excluding carboxylic acids is 2. The second-order valence-corrected chi connectivity index (χ2v) is 11.5. The number of Topliss-reactive ketones (excluding diaryl/α,β-unsaturated/α-hetero) is 1. The lowest BCUT2D eigenvalue weighted by molar-refractivity contribution is -0.136. The topological polar surface area (TPSA) is 64.6 Å². The summed E-state index contributed by atoms with van der Waals surface area (Å²) in [4.78, 5) is 28.2. The minimum absolute atomic E-state index is 0.0877. The fraction of sp³-hybridized carbons (Fsp3) is 0.385. The maximum atomic E-state index is 13.3. The summed E-state index contributed by atoms with van der Waals surface area (Å²) in [6.07, 6.45) is 1.22. The largest absolute Gasteiger partial charge is 0.488 e. The van der Waals surface area contributed by atoms with Crippen molar-refractivity contribution in [1.82, 2.24) is 5.32 Å². The molecule has 4 rings (SSSR count). The molecule has 5 nitrogen and oxygen atoms in total. The number of thiophene rings is 1. The highest BCUT2D eigenvalue weighted by molar-refractivity contribution is 9.10. The second kappa shape index (κ2) is 9.11. The van der Waals surface area contributed by atoms with Crippen LogP contribution in [-0.4, -0.2) is 18.9 Å². The van der Waals surface area contributed by atoms with Crippen LogP contribution in [0.4, 0.5) is 0 Å². The van der Waals surface area contributed by atoms with Crippen LogP contribution in [0.3, 0.4) is 0 Å². The number of aryl methyl sites for hydroxylation is 1. The van der Waals surface area contributed by atoms with Crippen LogP contribution in [0.25, 0.3) is 0 Å². The number of dihydropyridines is 1. The van der Waals surface area contributed by atoms with Crippen LogP contribution in [-0.2, 0) is 20.9 Å². The van der Waals surface area contributed by atoms with Crippen LogP contribution in [0.2, 0.25) is 0 Å². The minimum Gasteiger partial charge on any atom is -0.488 e. The Kier molecular flexibility index (Phi) is 6.56. The normalized spacial score (nSPS) is 19.8. The Morgan fingerprint density at radius 2 is 1.97 bits per heavy atom. The van der Waals surface area contributed by atoms with Gasteiger partial charge in [-0.15, -0.1) is 11.3 Å². The van der Waals surface area contributed by atoms with E-state index in [1.165, 1.54) is 7.11 Å².